The summed E-state index contributed by atoms with van der Waals surface area (Å²) in [6.07, 6.45) is 0.0735. The number of carbonyl (C=O) groups is 3. The first-order chi connectivity index (χ1) is 14.5. The van der Waals surface area contributed by atoms with E-state index in [1.165, 1.54) is 6.92 Å². The number of guanidine groups is 1. The van der Waals surface area contributed by atoms with Crippen LogP contribution < -0.4 is 28.3 Å². The number of aliphatic hydroxyl groups is 1. The molecular weight excluding hydrogens is 406 g/mol. The summed E-state index contributed by atoms with van der Waals surface area (Å²) in [6, 6.07) is 0. The molecule has 0 aliphatic rings. The molecule has 0 heterocycles. The number of hydrogen-bond acceptors (Lipinski definition) is 7. The average molecular weight is 446 g/mol. The topological polar surface area (TPSA) is 223 Å². The van der Waals surface area contributed by atoms with Gasteiger partial charge in [-0.15, -0.1) is 0 Å². The number of aliphatic carboxylic acids is 1. The zero-order valence-electron chi connectivity index (χ0n) is 18.5. The first-order valence-corrected chi connectivity index (χ1v) is 10.6. The lowest BCUT2D eigenvalue weighted by atomic mass is 9.88. The lowest BCUT2D eigenvalue weighted by molar-refractivity contribution is -0.167. The molecule has 3 atom stereocenters. The second-order valence-electron chi connectivity index (χ2n) is 7.46. The monoisotopic (exact) mass is 445 g/mol. The van der Waals surface area contributed by atoms with E-state index in [0.717, 1.165) is 11.3 Å². The van der Waals surface area contributed by atoms with Gasteiger partial charge in [-0.1, -0.05) is 13.3 Å². The van der Waals surface area contributed by atoms with Gasteiger partial charge in [0, 0.05) is 19.5 Å². The van der Waals surface area contributed by atoms with Crippen LogP contribution in [0.1, 0.15) is 58.8 Å². The zero-order chi connectivity index (χ0) is 24.0. The van der Waals surface area contributed by atoms with Crippen molar-refractivity contribution >= 4 is 23.7 Å². The van der Waals surface area contributed by atoms with Gasteiger partial charge < -0.3 is 43.4 Å². The summed E-state index contributed by atoms with van der Waals surface area (Å²) in [4.78, 5) is 43.6. The Morgan fingerprint density at radius 1 is 1.16 bits per heavy atom. The van der Waals surface area contributed by atoms with Crippen molar-refractivity contribution in [1.29, 1.82) is 0 Å². The fraction of sp³-hybridized carbons (Fsp3) is 0.789. The highest BCUT2D eigenvalue weighted by Crippen LogP contribution is 2.26. The molecular formula is C19H39N7O5. The SMILES string of the molecule is CCCN(C(=O)CCCCCN)[C@@](CCCN=C(N)N)(C(=O)O)C(=O)NC(N)C(C)O. The van der Waals surface area contributed by atoms with Gasteiger partial charge in [0.25, 0.3) is 5.91 Å². The molecule has 0 spiro atoms. The van der Waals surface area contributed by atoms with Gasteiger partial charge in [-0.3, -0.25) is 14.6 Å². The Labute approximate surface area is 183 Å². The van der Waals surface area contributed by atoms with Crippen LogP contribution in [-0.2, 0) is 14.4 Å². The molecule has 31 heavy (non-hydrogen) atoms. The van der Waals surface area contributed by atoms with Gasteiger partial charge in [0.15, 0.2) is 5.96 Å². The molecule has 0 radical (unpaired) electrons. The maximum Gasteiger partial charge on any atom is 0.339 e. The van der Waals surface area contributed by atoms with Gasteiger partial charge in [-0.25, -0.2) is 4.79 Å². The van der Waals surface area contributed by atoms with Crippen LogP contribution in [0.5, 0.6) is 0 Å². The lowest BCUT2D eigenvalue weighted by Gasteiger charge is -2.40. The number of hydrogen-bond donors (Lipinski definition) is 7. The molecule has 2 unspecified atom stereocenters. The van der Waals surface area contributed by atoms with E-state index in [9.17, 15) is 24.6 Å². The Kier molecular flexibility index (Phi) is 13.4. The first-order valence-electron chi connectivity index (χ1n) is 10.6. The molecule has 0 fully saturated rings. The average Bonchev–Trinajstić information content (AvgIpc) is 2.69. The van der Waals surface area contributed by atoms with E-state index in [-0.39, 0.29) is 38.3 Å². The molecule has 2 amide bonds. The highest BCUT2D eigenvalue weighted by Gasteiger charge is 2.52. The number of carboxylic acids is 1. The minimum absolute atomic E-state index is 0.0572. The number of nitrogens with one attached hydrogen (secondary N) is 1. The number of rotatable bonds is 16. The van der Waals surface area contributed by atoms with Gasteiger partial charge >= 0.3 is 5.97 Å². The molecule has 180 valence electrons. The van der Waals surface area contributed by atoms with Crippen LogP contribution in [0.15, 0.2) is 4.99 Å². The summed E-state index contributed by atoms with van der Waals surface area (Å²) in [5.74, 6) is -3.08. The van der Waals surface area contributed by atoms with E-state index in [4.69, 9.17) is 22.9 Å². The second kappa shape index (κ2) is 14.5. The summed E-state index contributed by atoms with van der Waals surface area (Å²) in [5.41, 5.74) is 19.6. The molecule has 12 nitrogen and oxygen atoms in total. The predicted octanol–water partition coefficient (Wildman–Crippen LogP) is -1.60. The van der Waals surface area contributed by atoms with E-state index >= 15 is 0 Å². The second-order valence-corrected chi connectivity index (χ2v) is 7.46. The van der Waals surface area contributed by atoms with Crippen molar-refractivity contribution in [3.63, 3.8) is 0 Å². The molecule has 0 aromatic rings. The number of aliphatic imine (C=N–C) groups is 1. The first kappa shape index (κ1) is 28.6. The molecule has 11 N–H and O–H groups in total. The lowest BCUT2D eigenvalue weighted by Crippen LogP contribution is -2.68. The van der Waals surface area contributed by atoms with Crippen molar-refractivity contribution in [2.75, 3.05) is 19.6 Å². The predicted molar refractivity (Wildman–Crippen MR) is 118 cm³/mol. The number of aliphatic hydroxyl groups excluding tert-OH is 1. The number of carboxylic acid groups (broad SMARTS) is 1. The normalized spacial score (nSPS) is 14.7. The number of unbranched alkanes of at least 4 members (excludes halogenated alkanes) is 2. The molecule has 0 saturated carbocycles. The Balaban J connectivity index is 6.00. The van der Waals surface area contributed by atoms with Crippen LogP contribution in [-0.4, -0.2) is 76.3 Å². The number of nitrogens with zero attached hydrogens (tertiary/aromatic N) is 2. The molecule has 0 aromatic heterocycles. The van der Waals surface area contributed by atoms with Gasteiger partial charge in [0.1, 0.15) is 6.17 Å². The van der Waals surface area contributed by atoms with Gasteiger partial charge in [-0.05, 0) is 45.6 Å². The Morgan fingerprint density at radius 3 is 2.29 bits per heavy atom. The van der Waals surface area contributed by atoms with Crippen LogP contribution in [0, 0.1) is 0 Å². The quantitative estimate of drug-likeness (QED) is 0.0477. The van der Waals surface area contributed by atoms with E-state index in [1.54, 1.807) is 6.92 Å². The number of nitrogens with two attached hydrogens (primary N) is 4. The summed E-state index contributed by atoms with van der Waals surface area (Å²) >= 11 is 0. The third-order valence-electron chi connectivity index (χ3n) is 4.84. The summed E-state index contributed by atoms with van der Waals surface area (Å²) < 4.78 is 0. The van der Waals surface area contributed by atoms with Crippen LogP contribution in [0.2, 0.25) is 0 Å². The fourth-order valence-corrected chi connectivity index (χ4v) is 3.11. The van der Waals surface area contributed by atoms with Gasteiger partial charge in [0.05, 0.1) is 6.10 Å². The smallest absolute Gasteiger partial charge is 0.339 e. The van der Waals surface area contributed by atoms with Crippen LogP contribution in [0.3, 0.4) is 0 Å². The van der Waals surface area contributed by atoms with Crippen molar-refractivity contribution in [1.82, 2.24) is 10.2 Å². The minimum atomic E-state index is -2.22. The van der Waals surface area contributed by atoms with E-state index in [0.29, 0.717) is 25.8 Å². The highest BCUT2D eigenvalue weighted by atomic mass is 16.4. The highest BCUT2D eigenvalue weighted by molar-refractivity contribution is 6.09. The Hall–Kier alpha value is -2.44. The zero-order valence-corrected chi connectivity index (χ0v) is 18.5. The molecule has 0 aliphatic carbocycles. The Bertz CT molecular complexity index is 610. The van der Waals surface area contributed by atoms with Crippen molar-refractivity contribution < 1.29 is 24.6 Å². The largest absolute Gasteiger partial charge is 0.479 e. The standard InChI is InChI=1S/C19H39N7O5/c1-3-12-26(14(28)8-5-4-6-10-20)19(17(30)31,9-7-11-24-18(22)23)16(29)25-15(21)13(2)27/h13,15,27H,3-12,20-21H2,1-2H3,(H,25,29)(H,30,31)(H4,22,23,24)/t13?,15?,19-/m1/s1. The van der Waals surface area contributed by atoms with Gasteiger partial charge in [0.2, 0.25) is 11.4 Å². The molecule has 12 heteroatoms. The maximum absolute atomic E-state index is 13.2. The maximum atomic E-state index is 13.2. The van der Waals surface area contributed by atoms with Crippen LogP contribution in [0.25, 0.3) is 0 Å². The summed E-state index contributed by atoms with van der Waals surface area (Å²) in [5, 5.41) is 22.1. The molecule has 0 aromatic carbocycles. The third-order valence-corrected chi connectivity index (χ3v) is 4.84. The van der Waals surface area contributed by atoms with E-state index in [1.807, 2.05) is 0 Å². The molecule has 0 aliphatic heterocycles. The van der Waals surface area contributed by atoms with Crippen LogP contribution >= 0.6 is 0 Å². The number of amides is 2. The molecule has 0 saturated heterocycles. The van der Waals surface area contributed by atoms with Crippen molar-refractivity contribution in [2.45, 2.75) is 76.6 Å². The summed E-state index contributed by atoms with van der Waals surface area (Å²) in [7, 11) is 0. The van der Waals surface area contributed by atoms with Crippen molar-refractivity contribution in [2.24, 2.45) is 27.9 Å². The van der Waals surface area contributed by atoms with E-state index < -0.39 is 35.6 Å². The van der Waals surface area contributed by atoms with Crippen molar-refractivity contribution in [3.8, 4) is 0 Å². The Morgan fingerprint density at radius 2 is 1.81 bits per heavy atom. The van der Waals surface area contributed by atoms with Crippen LogP contribution in [0.4, 0.5) is 0 Å². The minimum Gasteiger partial charge on any atom is -0.479 e. The van der Waals surface area contributed by atoms with Crippen molar-refractivity contribution in [3.05, 3.63) is 0 Å². The van der Waals surface area contributed by atoms with Gasteiger partial charge in [-0.2, -0.15) is 0 Å². The fourth-order valence-electron chi connectivity index (χ4n) is 3.11. The molecule has 0 rings (SSSR count). The molecule has 0 bridgehead atoms. The summed E-state index contributed by atoms with van der Waals surface area (Å²) in [6.45, 7) is 3.77. The number of carbonyl (C=O) groups excluding carboxylic acids is 2. The third kappa shape index (κ3) is 9.07. The van der Waals surface area contributed by atoms with E-state index in [2.05, 4.69) is 10.3 Å².